The second-order valence-electron chi connectivity index (χ2n) is 6.45. The number of carbonyl (C=O) groups is 1. The molecule has 132 valence electrons. The summed E-state index contributed by atoms with van der Waals surface area (Å²) < 4.78 is 5.76. The van der Waals surface area contributed by atoms with Crippen LogP contribution in [0.15, 0.2) is 42.6 Å². The molecule has 0 saturated carbocycles. The highest BCUT2D eigenvalue weighted by molar-refractivity contribution is 5.78. The molecule has 0 radical (unpaired) electrons. The summed E-state index contributed by atoms with van der Waals surface area (Å²) >= 11 is 0. The molecule has 25 heavy (non-hydrogen) atoms. The number of ether oxygens (including phenoxy) is 1. The van der Waals surface area contributed by atoms with Gasteiger partial charge in [0.1, 0.15) is 12.4 Å². The summed E-state index contributed by atoms with van der Waals surface area (Å²) in [6.07, 6.45) is 2.61. The number of hydrogen-bond donors (Lipinski definition) is 1. The minimum Gasteiger partial charge on any atom is -0.492 e. The van der Waals surface area contributed by atoms with Crippen molar-refractivity contribution in [3.8, 4) is 5.75 Å². The quantitative estimate of drug-likeness (QED) is 0.910. The van der Waals surface area contributed by atoms with E-state index in [0.29, 0.717) is 13.2 Å². The van der Waals surface area contributed by atoms with Crippen LogP contribution in [-0.4, -0.2) is 35.5 Å². The van der Waals surface area contributed by atoms with Gasteiger partial charge in [0.15, 0.2) is 0 Å². The number of fused-ring (bicyclic) bond motifs is 1. The van der Waals surface area contributed by atoms with Crippen LogP contribution in [0.2, 0.25) is 0 Å². The van der Waals surface area contributed by atoms with E-state index in [0.717, 1.165) is 42.1 Å². The molecule has 5 heteroatoms. The van der Waals surface area contributed by atoms with E-state index in [4.69, 9.17) is 4.74 Å². The number of rotatable bonds is 5. The van der Waals surface area contributed by atoms with Crippen molar-refractivity contribution in [2.45, 2.75) is 32.9 Å². The van der Waals surface area contributed by atoms with Crippen molar-refractivity contribution in [2.24, 2.45) is 0 Å². The SMILES string of the molecule is CC[C@@H](NC(=O)CN1CCOc2ccccc2C1)c1cc(C)ccn1. The van der Waals surface area contributed by atoms with E-state index in [2.05, 4.69) is 28.2 Å². The summed E-state index contributed by atoms with van der Waals surface area (Å²) in [4.78, 5) is 19.1. The number of aromatic nitrogens is 1. The zero-order chi connectivity index (χ0) is 17.6. The zero-order valence-electron chi connectivity index (χ0n) is 14.9. The predicted molar refractivity (Wildman–Crippen MR) is 97.4 cm³/mol. The third-order valence-corrected chi connectivity index (χ3v) is 4.44. The Balaban J connectivity index is 1.62. The molecule has 5 nitrogen and oxygen atoms in total. The monoisotopic (exact) mass is 339 g/mol. The topological polar surface area (TPSA) is 54.5 Å². The van der Waals surface area contributed by atoms with Gasteiger partial charge in [0.25, 0.3) is 0 Å². The lowest BCUT2D eigenvalue weighted by molar-refractivity contribution is -0.123. The fourth-order valence-corrected chi connectivity index (χ4v) is 3.09. The molecule has 0 aliphatic carbocycles. The molecule has 1 aromatic carbocycles. The third-order valence-electron chi connectivity index (χ3n) is 4.44. The van der Waals surface area contributed by atoms with Crippen LogP contribution in [0.5, 0.6) is 5.75 Å². The highest BCUT2D eigenvalue weighted by atomic mass is 16.5. The number of para-hydroxylation sites is 1. The van der Waals surface area contributed by atoms with E-state index in [1.165, 1.54) is 0 Å². The predicted octanol–water partition coefficient (Wildman–Crippen LogP) is 2.85. The number of nitrogens with zero attached hydrogens (tertiary/aromatic N) is 2. The Morgan fingerprint density at radius 1 is 1.36 bits per heavy atom. The fourth-order valence-electron chi connectivity index (χ4n) is 3.09. The van der Waals surface area contributed by atoms with Crippen molar-refractivity contribution < 1.29 is 9.53 Å². The van der Waals surface area contributed by atoms with E-state index >= 15 is 0 Å². The van der Waals surface area contributed by atoms with Crippen LogP contribution in [0.1, 0.15) is 36.2 Å². The standard InChI is InChI=1S/C20H25N3O2/c1-3-17(18-12-15(2)8-9-21-18)22-20(24)14-23-10-11-25-19-7-5-4-6-16(19)13-23/h4-9,12,17H,3,10-11,13-14H2,1-2H3,(H,22,24)/t17-/m1/s1. The highest BCUT2D eigenvalue weighted by Gasteiger charge is 2.19. The molecule has 0 spiro atoms. The first kappa shape index (κ1) is 17.4. The number of nitrogens with one attached hydrogen (secondary N) is 1. The summed E-state index contributed by atoms with van der Waals surface area (Å²) in [5, 5.41) is 3.12. The molecule has 1 atom stereocenters. The molecule has 2 heterocycles. The Kier molecular flexibility index (Phi) is 5.66. The zero-order valence-corrected chi connectivity index (χ0v) is 14.9. The molecule has 2 aromatic rings. The van der Waals surface area contributed by atoms with E-state index in [1.807, 2.05) is 37.3 Å². The van der Waals surface area contributed by atoms with Gasteiger partial charge in [-0.25, -0.2) is 0 Å². The molecule has 0 saturated heterocycles. The summed E-state index contributed by atoms with van der Waals surface area (Å²) in [5.41, 5.74) is 3.19. The minimum atomic E-state index is -0.0529. The van der Waals surface area contributed by atoms with Crippen LogP contribution in [-0.2, 0) is 11.3 Å². The maximum Gasteiger partial charge on any atom is 0.234 e. The lowest BCUT2D eigenvalue weighted by Crippen LogP contribution is -2.39. The van der Waals surface area contributed by atoms with Crippen molar-refractivity contribution in [1.29, 1.82) is 0 Å². The van der Waals surface area contributed by atoms with E-state index < -0.39 is 0 Å². The summed E-state index contributed by atoms with van der Waals surface area (Å²) in [7, 11) is 0. The van der Waals surface area contributed by atoms with Gasteiger partial charge in [0, 0.05) is 24.8 Å². The lowest BCUT2D eigenvalue weighted by atomic mass is 10.1. The van der Waals surface area contributed by atoms with Gasteiger partial charge in [-0.05, 0) is 37.1 Å². The molecule has 1 aromatic heterocycles. The van der Waals surface area contributed by atoms with E-state index in [1.54, 1.807) is 6.20 Å². The largest absolute Gasteiger partial charge is 0.492 e. The minimum absolute atomic E-state index is 0.0227. The van der Waals surface area contributed by atoms with Gasteiger partial charge < -0.3 is 10.1 Å². The molecular weight excluding hydrogens is 314 g/mol. The second-order valence-corrected chi connectivity index (χ2v) is 6.45. The second kappa shape index (κ2) is 8.12. The van der Waals surface area contributed by atoms with Crippen LogP contribution in [0, 0.1) is 6.92 Å². The molecule has 0 fully saturated rings. The van der Waals surface area contributed by atoms with Crippen LogP contribution < -0.4 is 10.1 Å². The van der Waals surface area contributed by atoms with E-state index in [9.17, 15) is 4.79 Å². The van der Waals surface area contributed by atoms with E-state index in [-0.39, 0.29) is 11.9 Å². The Morgan fingerprint density at radius 3 is 3.00 bits per heavy atom. The van der Waals surface area contributed by atoms with Gasteiger partial charge in [-0.3, -0.25) is 14.7 Å². The molecule has 0 bridgehead atoms. The van der Waals surface area contributed by atoms with Gasteiger partial charge in [-0.1, -0.05) is 25.1 Å². The van der Waals surface area contributed by atoms with Gasteiger partial charge in [-0.15, -0.1) is 0 Å². The highest BCUT2D eigenvalue weighted by Crippen LogP contribution is 2.22. The van der Waals surface area contributed by atoms with Crippen molar-refractivity contribution in [3.05, 3.63) is 59.4 Å². The van der Waals surface area contributed by atoms with Crippen LogP contribution in [0.25, 0.3) is 0 Å². The maximum atomic E-state index is 12.5. The Hall–Kier alpha value is -2.40. The average molecular weight is 339 g/mol. The molecule has 3 rings (SSSR count). The van der Waals surface area contributed by atoms with Crippen molar-refractivity contribution >= 4 is 5.91 Å². The third kappa shape index (κ3) is 4.57. The number of benzene rings is 1. The summed E-state index contributed by atoms with van der Waals surface area (Å²) in [6.45, 7) is 6.52. The molecule has 0 unspecified atom stereocenters. The number of pyridine rings is 1. The average Bonchev–Trinajstić information content (AvgIpc) is 2.81. The van der Waals surface area contributed by atoms with Crippen molar-refractivity contribution in [2.75, 3.05) is 19.7 Å². The van der Waals surface area contributed by atoms with Crippen LogP contribution in [0.4, 0.5) is 0 Å². The smallest absolute Gasteiger partial charge is 0.234 e. The normalized spacial score (nSPS) is 15.6. The fraction of sp³-hybridized carbons (Fsp3) is 0.400. The van der Waals surface area contributed by atoms with Crippen molar-refractivity contribution in [1.82, 2.24) is 15.2 Å². The molecule has 1 aliphatic rings. The van der Waals surface area contributed by atoms with Crippen molar-refractivity contribution in [3.63, 3.8) is 0 Å². The number of amides is 1. The Morgan fingerprint density at radius 2 is 2.20 bits per heavy atom. The van der Waals surface area contributed by atoms with Crippen LogP contribution >= 0.6 is 0 Å². The lowest BCUT2D eigenvalue weighted by Gasteiger charge is -2.22. The van der Waals surface area contributed by atoms with Gasteiger partial charge in [0.2, 0.25) is 5.91 Å². The maximum absolute atomic E-state index is 12.5. The van der Waals surface area contributed by atoms with Gasteiger partial charge >= 0.3 is 0 Å². The van der Waals surface area contributed by atoms with Gasteiger partial charge in [0.05, 0.1) is 18.3 Å². The molecule has 1 N–H and O–H groups in total. The molecule has 1 aliphatic heterocycles. The number of aryl methyl sites for hydroxylation is 1. The summed E-state index contributed by atoms with van der Waals surface area (Å²) in [6, 6.07) is 12.0. The Labute approximate surface area is 149 Å². The Bertz CT molecular complexity index is 732. The van der Waals surface area contributed by atoms with Gasteiger partial charge in [-0.2, -0.15) is 0 Å². The first-order valence-corrected chi connectivity index (χ1v) is 8.80. The number of carbonyl (C=O) groups excluding carboxylic acids is 1. The number of hydrogen-bond acceptors (Lipinski definition) is 4. The summed E-state index contributed by atoms with van der Waals surface area (Å²) in [5.74, 6) is 0.940. The van der Waals surface area contributed by atoms with Crippen LogP contribution in [0.3, 0.4) is 0 Å². The first-order chi connectivity index (χ1) is 12.2. The first-order valence-electron chi connectivity index (χ1n) is 8.80. The molecular formula is C20H25N3O2. The molecule has 1 amide bonds.